The van der Waals surface area contributed by atoms with Gasteiger partial charge in [-0.05, 0) is 49.6 Å². The summed E-state index contributed by atoms with van der Waals surface area (Å²) < 4.78 is 30.6. The second-order valence-corrected chi connectivity index (χ2v) is 9.50. The van der Waals surface area contributed by atoms with Crippen LogP contribution in [0.15, 0.2) is 47.9 Å². The topological polar surface area (TPSA) is 50.1 Å². The number of rotatable bonds is 7. The smallest absolute Gasteiger partial charge is 0.191 e. The Morgan fingerprint density at radius 3 is 2.62 bits per heavy atom. The van der Waals surface area contributed by atoms with Crippen molar-refractivity contribution in [1.82, 2.24) is 24.6 Å². The van der Waals surface area contributed by atoms with Gasteiger partial charge in [0.05, 0.1) is 0 Å². The lowest BCUT2D eigenvalue weighted by Crippen LogP contribution is -2.36. The van der Waals surface area contributed by atoms with Gasteiger partial charge in [-0.25, -0.2) is 8.78 Å². The van der Waals surface area contributed by atoms with Crippen molar-refractivity contribution in [2.45, 2.75) is 24.0 Å². The first kappa shape index (κ1) is 21.3. The Morgan fingerprint density at radius 1 is 1.06 bits per heavy atom. The van der Waals surface area contributed by atoms with Crippen LogP contribution >= 0.6 is 11.8 Å². The molecular weight excluding hydrogens is 430 g/mol. The summed E-state index contributed by atoms with van der Waals surface area (Å²) in [5.41, 5.74) is 1.14. The minimum absolute atomic E-state index is 0.143. The van der Waals surface area contributed by atoms with Crippen LogP contribution in [0.5, 0.6) is 0 Å². The molecule has 0 amide bonds. The van der Waals surface area contributed by atoms with Crippen LogP contribution in [0.25, 0.3) is 11.4 Å². The third-order valence-corrected chi connectivity index (χ3v) is 7.58. The summed E-state index contributed by atoms with van der Waals surface area (Å²) in [4.78, 5) is 8.43. The second kappa shape index (κ2) is 9.15. The minimum Gasteiger partial charge on any atom is -0.362 e. The van der Waals surface area contributed by atoms with E-state index in [9.17, 15) is 8.78 Å². The van der Waals surface area contributed by atoms with Gasteiger partial charge in [0.15, 0.2) is 11.0 Å². The number of fused-ring (bicyclic) bond motifs is 1. The molecule has 2 unspecified atom stereocenters. The molecule has 3 aromatic rings. The SMILES string of the molecule is Cn1c(SCCCN2CC3CCN(c4c(F)cccc4F)C3C2)nnc1-c1ccncc1. The van der Waals surface area contributed by atoms with E-state index in [1.165, 1.54) is 18.2 Å². The van der Waals surface area contributed by atoms with Crippen LogP contribution in [0.1, 0.15) is 12.8 Å². The van der Waals surface area contributed by atoms with Crippen LogP contribution in [0.4, 0.5) is 14.5 Å². The highest BCUT2D eigenvalue weighted by atomic mass is 32.2. The second-order valence-electron chi connectivity index (χ2n) is 8.44. The largest absolute Gasteiger partial charge is 0.362 e. The molecule has 6 nitrogen and oxygen atoms in total. The zero-order valence-electron chi connectivity index (χ0n) is 18.0. The van der Waals surface area contributed by atoms with E-state index in [0.29, 0.717) is 5.92 Å². The lowest BCUT2D eigenvalue weighted by atomic mass is 10.0. The average molecular weight is 457 g/mol. The third kappa shape index (κ3) is 4.11. The molecule has 2 atom stereocenters. The van der Waals surface area contributed by atoms with E-state index in [0.717, 1.165) is 61.3 Å². The number of benzene rings is 1. The van der Waals surface area contributed by atoms with Crippen LogP contribution in [-0.4, -0.2) is 62.6 Å². The molecule has 168 valence electrons. The number of aromatic nitrogens is 4. The molecule has 4 heterocycles. The average Bonchev–Trinajstić information content (AvgIpc) is 3.47. The highest BCUT2D eigenvalue weighted by molar-refractivity contribution is 7.99. The predicted molar refractivity (Wildman–Crippen MR) is 122 cm³/mol. The first-order valence-electron chi connectivity index (χ1n) is 11.0. The van der Waals surface area contributed by atoms with Gasteiger partial charge in [0.1, 0.15) is 17.3 Å². The summed E-state index contributed by atoms with van der Waals surface area (Å²) in [6.45, 7) is 3.56. The van der Waals surface area contributed by atoms with Gasteiger partial charge in [-0.2, -0.15) is 0 Å². The van der Waals surface area contributed by atoms with Crippen molar-refractivity contribution in [2.24, 2.45) is 13.0 Å². The summed E-state index contributed by atoms with van der Waals surface area (Å²) in [6, 6.07) is 8.18. The van der Waals surface area contributed by atoms with E-state index < -0.39 is 11.6 Å². The Morgan fingerprint density at radius 2 is 1.84 bits per heavy atom. The molecule has 0 spiro atoms. The van der Waals surface area contributed by atoms with Crippen LogP contribution in [-0.2, 0) is 7.05 Å². The van der Waals surface area contributed by atoms with Crippen molar-refractivity contribution in [1.29, 1.82) is 0 Å². The lowest BCUT2D eigenvalue weighted by Gasteiger charge is -2.27. The monoisotopic (exact) mass is 456 g/mol. The maximum absolute atomic E-state index is 14.3. The van der Waals surface area contributed by atoms with Gasteiger partial charge in [-0.15, -0.1) is 10.2 Å². The molecule has 2 aliphatic rings. The fraction of sp³-hybridized carbons (Fsp3) is 0.435. The van der Waals surface area contributed by atoms with E-state index in [1.807, 2.05) is 28.6 Å². The van der Waals surface area contributed by atoms with Crippen molar-refractivity contribution >= 4 is 17.4 Å². The number of thioether (sulfide) groups is 1. The summed E-state index contributed by atoms with van der Waals surface area (Å²) >= 11 is 1.71. The molecule has 0 saturated carbocycles. The quantitative estimate of drug-likeness (QED) is 0.398. The van der Waals surface area contributed by atoms with Crippen LogP contribution in [0.3, 0.4) is 0 Å². The Kier molecular flexibility index (Phi) is 6.10. The van der Waals surface area contributed by atoms with E-state index >= 15 is 0 Å². The van der Waals surface area contributed by atoms with E-state index in [-0.39, 0.29) is 11.7 Å². The van der Waals surface area contributed by atoms with Gasteiger partial charge < -0.3 is 14.4 Å². The summed E-state index contributed by atoms with van der Waals surface area (Å²) in [5.74, 6) is 1.33. The molecule has 2 fully saturated rings. The number of hydrogen-bond donors (Lipinski definition) is 0. The van der Waals surface area contributed by atoms with E-state index in [2.05, 4.69) is 20.1 Å². The number of anilines is 1. The van der Waals surface area contributed by atoms with Gasteiger partial charge in [0.25, 0.3) is 0 Å². The van der Waals surface area contributed by atoms with Crippen molar-refractivity contribution in [2.75, 3.05) is 36.8 Å². The molecule has 0 aliphatic carbocycles. The fourth-order valence-corrected chi connectivity index (χ4v) is 5.75. The predicted octanol–water partition coefficient (Wildman–Crippen LogP) is 3.85. The first-order chi connectivity index (χ1) is 15.6. The number of halogens is 2. The Hall–Kier alpha value is -2.52. The van der Waals surface area contributed by atoms with Gasteiger partial charge in [-0.1, -0.05) is 17.8 Å². The van der Waals surface area contributed by atoms with Crippen molar-refractivity contribution in [3.8, 4) is 11.4 Å². The fourth-order valence-electron chi connectivity index (χ4n) is 4.92. The van der Waals surface area contributed by atoms with E-state index in [4.69, 9.17) is 0 Å². The van der Waals surface area contributed by atoms with Gasteiger partial charge in [-0.3, -0.25) is 4.98 Å². The molecule has 1 aromatic carbocycles. The Bertz CT molecular complexity index is 1060. The Balaban J connectivity index is 1.13. The molecule has 2 aromatic heterocycles. The molecule has 2 saturated heterocycles. The third-order valence-electron chi connectivity index (χ3n) is 6.47. The van der Waals surface area contributed by atoms with Crippen LogP contribution < -0.4 is 4.90 Å². The standard InChI is InChI=1S/C23H26F2N6S/c1-29-22(16-6-9-26-10-7-16)27-28-23(29)32-13-3-11-30-14-17-8-12-31(20(17)15-30)21-18(24)4-2-5-19(21)25/h2,4-7,9-10,17,20H,3,8,11-15H2,1H3. The molecule has 5 rings (SSSR count). The van der Waals surface area contributed by atoms with Gasteiger partial charge in [0, 0.05) is 56.4 Å². The number of likely N-dealkylation sites (tertiary alicyclic amines) is 1. The maximum Gasteiger partial charge on any atom is 0.191 e. The highest BCUT2D eigenvalue weighted by Gasteiger charge is 2.42. The molecule has 0 radical (unpaired) electrons. The minimum atomic E-state index is -0.463. The Labute approximate surface area is 190 Å². The summed E-state index contributed by atoms with van der Waals surface area (Å²) in [5, 5.41) is 9.55. The summed E-state index contributed by atoms with van der Waals surface area (Å²) in [7, 11) is 1.98. The molecule has 32 heavy (non-hydrogen) atoms. The number of pyridine rings is 1. The van der Waals surface area contributed by atoms with Crippen LogP contribution in [0, 0.1) is 17.6 Å². The number of para-hydroxylation sites is 1. The van der Waals surface area contributed by atoms with Gasteiger partial charge in [0.2, 0.25) is 0 Å². The molecule has 2 aliphatic heterocycles. The highest BCUT2D eigenvalue weighted by Crippen LogP contribution is 2.37. The number of nitrogens with zero attached hydrogens (tertiary/aromatic N) is 6. The zero-order valence-corrected chi connectivity index (χ0v) is 18.8. The zero-order chi connectivity index (χ0) is 22.1. The van der Waals surface area contributed by atoms with Crippen LogP contribution in [0.2, 0.25) is 0 Å². The normalized spacial score (nSPS) is 20.8. The maximum atomic E-state index is 14.3. The summed E-state index contributed by atoms with van der Waals surface area (Å²) in [6.07, 6.45) is 5.52. The van der Waals surface area contributed by atoms with Crippen molar-refractivity contribution in [3.05, 3.63) is 54.4 Å². The lowest BCUT2D eigenvalue weighted by molar-refractivity contribution is 0.318. The first-order valence-corrected chi connectivity index (χ1v) is 12.0. The molecule has 0 N–H and O–H groups in total. The van der Waals surface area contributed by atoms with Crippen molar-refractivity contribution in [3.63, 3.8) is 0 Å². The molecular formula is C23H26F2N6S. The van der Waals surface area contributed by atoms with Crippen molar-refractivity contribution < 1.29 is 8.78 Å². The molecule has 0 bridgehead atoms. The van der Waals surface area contributed by atoms with E-state index in [1.54, 1.807) is 24.2 Å². The number of hydrogen-bond acceptors (Lipinski definition) is 6. The molecule has 9 heteroatoms. The van der Waals surface area contributed by atoms with Gasteiger partial charge >= 0.3 is 0 Å².